The number of rotatable bonds is 2. The third-order valence-electron chi connectivity index (χ3n) is 5.53. The van der Waals surface area contributed by atoms with Crippen LogP contribution >= 0.6 is 0 Å². The number of nitrogens with zero attached hydrogens (tertiary/aromatic N) is 2. The van der Waals surface area contributed by atoms with E-state index in [-0.39, 0.29) is 36.8 Å². The molecule has 104 valence electrons. The Kier molecular flexibility index (Phi) is 5.34. The van der Waals surface area contributed by atoms with E-state index in [2.05, 4.69) is 8.46 Å². The number of hydrogen-bond acceptors (Lipinski definition) is 2. The average Bonchev–Trinajstić information content (AvgIpc) is 2.49. The summed E-state index contributed by atoms with van der Waals surface area (Å²) in [6.45, 7) is 0. The van der Waals surface area contributed by atoms with Gasteiger partial charge in [-0.3, -0.25) is 0 Å². The van der Waals surface area contributed by atoms with Crippen LogP contribution < -0.4 is 0 Å². The van der Waals surface area contributed by atoms with E-state index >= 15 is 0 Å². The summed E-state index contributed by atoms with van der Waals surface area (Å²) in [5.41, 5.74) is 0. The van der Waals surface area contributed by atoms with Crippen LogP contribution in [0.25, 0.3) is 0 Å². The predicted octanol–water partition coefficient (Wildman–Crippen LogP) is -0.565. The van der Waals surface area contributed by atoms with Crippen molar-refractivity contribution in [1.29, 1.82) is 0 Å². The minimum Gasteiger partial charge on any atom is -0.355 e. The molecular weight excluding hydrogens is 284 g/mol. The summed E-state index contributed by atoms with van der Waals surface area (Å²) in [7, 11) is 1.12. The van der Waals surface area contributed by atoms with E-state index in [0.717, 1.165) is 12.1 Å². The Hall–Kier alpha value is 0.788. The van der Waals surface area contributed by atoms with Crippen molar-refractivity contribution in [3.8, 4) is 0 Å². The molecule has 2 nitrogen and oxygen atoms in total. The standard InChI is InChI=1S/C12H30N2Si4/c1-3-7-11(8-4-1)13-15-17-14(18-16-13)12-9-5-2-6-10-12/h11-12H,1-10,15-18H2. The Morgan fingerprint density at radius 2 is 0.833 bits per heavy atom. The van der Waals surface area contributed by atoms with Crippen molar-refractivity contribution in [1.82, 2.24) is 8.46 Å². The SMILES string of the molecule is C1CCC(N2[SiH2][SiH2]N(C3CCCCC3)[SiH2][SiH2]2)CC1. The van der Waals surface area contributed by atoms with Gasteiger partial charge in [0.05, 0.1) is 36.8 Å². The Morgan fingerprint density at radius 1 is 0.500 bits per heavy atom. The molecule has 0 N–H and O–H groups in total. The molecule has 0 unspecified atom stereocenters. The lowest BCUT2D eigenvalue weighted by Gasteiger charge is -2.44. The van der Waals surface area contributed by atoms with Crippen molar-refractivity contribution in [2.24, 2.45) is 0 Å². The predicted molar refractivity (Wildman–Crippen MR) is 91.6 cm³/mol. The molecule has 1 saturated heterocycles. The highest BCUT2D eigenvalue weighted by Crippen LogP contribution is 2.24. The Morgan fingerprint density at radius 3 is 1.17 bits per heavy atom. The molecule has 0 bridgehead atoms. The van der Waals surface area contributed by atoms with Gasteiger partial charge in [0.15, 0.2) is 0 Å². The summed E-state index contributed by atoms with van der Waals surface area (Å²) < 4.78 is 6.41. The van der Waals surface area contributed by atoms with Crippen LogP contribution in [0, 0.1) is 0 Å². The fourth-order valence-corrected chi connectivity index (χ4v) is 38.8. The first kappa shape index (κ1) is 13.8. The van der Waals surface area contributed by atoms with E-state index in [9.17, 15) is 0 Å². The number of hydrogen-bond donors (Lipinski definition) is 0. The molecular formula is C12H30N2Si4. The van der Waals surface area contributed by atoms with E-state index in [1.165, 1.54) is 12.8 Å². The van der Waals surface area contributed by atoms with Crippen LogP contribution in [0.2, 0.25) is 0 Å². The van der Waals surface area contributed by atoms with Gasteiger partial charge in [0.1, 0.15) is 0 Å². The molecule has 0 aromatic rings. The molecule has 0 amide bonds. The van der Waals surface area contributed by atoms with Crippen LogP contribution in [-0.2, 0) is 0 Å². The van der Waals surface area contributed by atoms with Crippen LogP contribution in [0.5, 0.6) is 0 Å². The molecule has 3 rings (SSSR count). The maximum Gasteiger partial charge on any atom is 0.0885 e. The largest absolute Gasteiger partial charge is 0.355 e. The van der Waals surface area contributed by atoms with Crippen molar-refractivity contribution < 1.29 is 0 Å². The van der Waals surface area contributed by atoms with Crippen LogP contribution in [0.4, 0.5) is 0 Å². The van der Waals surface area contributed by atoms with E-state index < -0.39 is 0 Å². The van der Waals surface area contributed by atoms with Gasteiger partial charge in [-0.1, -0.05) is 38.5 Å². The van der Waals surface area contributed by atoms with E-state index in [1.807, 2.05) is 0 Å². The van der Waals surface area contributed by atoms with Gasteiger partial charge in [0.2, 0.25) is 0 Å². The van der Waals surface area contributed by atoms with Gasteiger partial charge in [0.25, 0.3) is 0 Å². The molecule has 1 aliphatic heterocycles. The first-order valence-electron chi connectivity index (χ1n) is 8.41. The van der Waals surface area contributed by atoms with Crippen molar-refractivity contribution in [2.45, 2.75) is 76.3 Å². The molecule has 18 heavy (non-hydrogen) atoms. The maximum atomic E-state index is 3.21. The van der Waals surface area contributed by atoms with Gasteiger partial charge in [-0.15, -0.1) is 0 Å². The molecule has 0 aromatic carbocycles. The zero-order chi connectivity index (χ0) is 12.2. The fraction of sp³-hybridized carbons (Fsp3) is 1.00. The van der Waals surface area contributed by atoms with Gasteiger partial charge in [-0.2, -0.15) is 0 Å². The van der Waals surface area contributed by atoms with Crippen molar-refractivity contribution in [3.05, 3.63) is 0 Å². The lowest BCUT2D eigenvalue weighted by molar-refractivity contribution is 0.331. The molecule has 0 spiro atoms. The fourth-order valence-electron chi connectivity index (χ4n) is 4.36. The molecule has 0 aromatic heterocycles. The summed E-state index contributed by atoms with van der Waals surface area (Å²) in [4.78, 5) is 0. The first-order chi connectivity index (χ1) is 8.93. The second kappa shape index (κ2) is 6.99. The van der Waals surface area contributed by atoms with Gasteiger partial charge in [-0.05, 0) is 37.8 Å². The second-order valence-electron chi connectivity index (χ2n) is 6.66. The van der Waals surface area contributed by atoms with Crippen molar-refractivity contribution >= 4 is 36.8 Å². The minimum atomic E-state index is 0.280. The molecule has 3 fully saturated rings. The molecule has 6 heteroatoms. The molecule has 3 aliphatic rings. The second-order valence-corrected chi connectivity index (χ2v) is 18.8. The molecule has 2 aliphatic carbocycles. The molecule has 1 heterocycles. The lowest BCUT2D eigenvalue weighted by Crippen LogP contribution is -2.61. The van der Waals surface area contributed by atoms with Gasteiger partial charge >= 0.3 is 0 Å². The monoisotopic (exact) mass is 314 g/mol. The van der Waals surface area contributed by atoms with Crippen LogP contribution in [-0.4, -0.2) is 57.3 Å². The topological polar surface area (TPSA) is 6.48 Å². The van der Waals surface area contributed by atoms with E-state index in [4.69, 9.17) is 0 Å². The zero-order valence-electron chi connectivity index (χ0n) is 11.9. The summed E-state index contributed by atoms with van der Waals surface area (Å²) in [5, 5.41) is 0. The van der Waals surface area contributed by atoms with Crippen LogP contribution in [0.1, 0.15) is 64.2 Å². The van der Waals surface area contributed by atoms with Gasteiger partial charge in [0, 0.05) is 0 Å². The van der Waals surface area contributed by atoms with Crippen molar-refractivity contribution in [2.75, 3.05) is 0 Å². The summed E-state index contributed by atoms with van der Waals surface area (Å²) in [5.74, 6) is 0. The summed E-state index contributed by atoms with van der Waals surface area (Å²) >= 11 is 0. The van der Waals surface area contributed by atoms with Gasteiger partial charge in [-0.25, -0.2) is 0 Å². The normalized spacial score (nSPS) is 36.0. The van der Waals surface area contributed by atoms with E-state index in [1.54, 1.807) is 51.4 Å². The highest BCUT2D eigenvalue weighted by molar-refractivity contribution is 7.15. The van der Waals surface area contributed by atoms with Crippen molar-refractivity contribution in [3.63, 3.8) is 0 Å². The third-order valence-corrected chi connectivity index (χ3v) is 29.8. The molecule has 0 atom stereocenters. The highest BCUT2D eigenvalue weighted by atomic mass is 29.2. The average molecular weight is 315 g/mol. The lowest BCUT2D eigenvalue weighted by atomic mass is 9.96. The van der Waals surface area contributed by atoms with Crippen LogP contribution in [0.15, 0.2) is 0 Å². The summed E-state index contributed by atoms with van der Waals surface area (Å²) in [6.07, 6.45) is 15.7. The quantitative estimate of drug-likeness (QED) is 0.630. The first-order valence-corrected chi connectivity index (χ1v) is 18.9. The third kappa shape index (κ3) is 3.46. The maximum absolute atomic E-state index is 3.21. The summed E-state index contributed by atoms with van der Waals surface area (Å²) in [6, 6.07) is 2.26. The van der Waals surface area contributed by atoms with Crippen LogP contribution in [0.3, 0.4) is 0 Å². The zero-order valence-corrected chi connectivity index (χ0v) is 17.6. The Bertz CT molecular complexity index is 220. The molecule has 2 saturated carbocycles. The Balaban J connectivity index is 1.45. The Labute approximate surface area is 121 Å². The van der Waals surface area contributed by atoms with E-state index in [0.29, 0.717) is 0 Å². The smallest absolute Gasteiger partial charge is 0.0885 e. The van der Waals surface area contributed by atoms with Gasteiger partial charge < -0.3 is 8.46 Å². The minimum absolute atomic E-state index is 0.280. The molecule has 0 radical (unpaired) electrons. The highest BCUT2D eigenvalue weighted by Gasteiger charge is 2.29.